The van der Waals surface area contributed by atoms with E-state index in [1.165, 1.54) is 18.2 Å². The average Bonchev–Trinajstić information content (AvgIpc) is 2.72. The van der Waals surface area contributed by atoms with E-state index in [1.54, 1.807) is 30.3 Å². The maximum absolute atomic E-state index is 12.6. The van der Waals surface area contributed by atoms with Gasteiger partial charge >= 0.3 is 0 Å². The molecule has 132 valence electrons. The second-order valence-corrected chi connectivity index (χ2v) is 7.77. The van der Waals surface area contributed by atoms with E-state index in [0.29, 0.717) is 5.56 Å². The summed E-state index contributed by atoms with van der Waals surface area (Å²) >= 11 is 0. The topological polar surface area (TPSA) is 57.9 Å². The molecule has 0 aromatic heterocycles. The number of hydrogen-bond donors (Lipinski definition) is 0. The number of rotatable bonds is 5. The number of nitriles is 1. The lowest BCUT2D eigenvalue weighted by molar-refractivity contribution is 0.603. The SMILES string of the molecule is N#CC(=Cc1ccc(C=Cc2ccccc2)cc1)S(=O)(=O)c1ccccc1. The zero-order valence-electron chi connectivity index (χ0n) is 14.5. The highest BCUT2D eigenvalue weighted by molar-refractivity contribution is 7.95. The first-order valence-electron chi connectivity index (χ1n) is 8.35. The first-order valence-corrected chi connectivity index (χ1v) is 9.83. The minimum Gasteiger partial charge on any atom is -0.218 e. The molecular formula is C23H17NO2S. The van der Waals surface area contributed by atoms with Crippen LogP contribution in [0.3, 0.4) is 0 Å². The lowest BCUT2D eigenvalue weighted by Crippen LogP contribution is -2.03. The van der Waals surface area contributed by atoms with Crippen molar-refractivity contribution in [2.45, 2.75) is 4.90 Å². The van der Waals surface area contributed by atoms with Crippen LogP contribution in [0.5, 0.6) is 0 Å². The molecule has 3 aromatic rings. The van der Waals surface area contributed by atoms with E-state index < -0.39 is 9.84 Å². The summed E-state index contributed by atoms with van der Waals surface area (Å²) < 4.78 is 25.2. The van der Waals surface area contributed by atoms with Gasteiger partial charge in [-0.05, 0) is 34.9 Å². The van der Waals surface area contributed by atoms with E-state index in [2.05, 4.69) is 0 Å². The molecule has 0 saturated heterocycles. The van der Waals surface area contributed by atoms with Gasteiger partial charge in [0.25, 0.3) is 0 Å². The maximum Gasteiger partial charge on any atom is 0.216 e. The fraction of sp³-hybridized carbons (Fsp3) is 0. The molecule has 0 amide bonds. The summed E-state index contributed by atoms with van der Waals surface area (Å²) in [4.78, 5) is -0.165. The van der Waals surface area contributed by atoms with Gasteiger partial charge < -0.3 is 0 Å². The van der Waals surface area contributed by atoms with Gasteiger partial charge in [0.2, 0.25) is 9.84 Å². The van der Waals surface area contributed by atoms with Gasteiger partial charge in [0.1, 0.15) is 11.0 Å². The van der Waals surface area contributed by atoms with Crippen LogP contribution < -0.4 is 0 Å². The van der Waals surface area contributed by atoms with Gasteiger partial charge in [-0.25, -0.2) is 8.42 Å². The van der Waals surface area contributed by atoms with Gasteiger partial charge in [-0.3, -0.25) is 0 Å². The monoisotopic (exact) mass is 371 g/mol. The van der Waals surface area contributed by atoms with Crippen LogP contribution in [-0.2, 0) is 9.84 Å². The first-order chi connectivity index (χ1) is 13.1. The van der Waals surface area contributed by atoms with Crippen molar-refractivity contribution in [3.05, 3.63) is 107 Å². The largest absolute Gasteiger partial charge is 0.218 e. The molecule has 0 spiro atoms. The molecule has 0 aliphatic carbocycles. The maximum atomic E-state index is 12.6. The Bertz CT molecular complexity index is 1110. The number of allylic oxidation sites excluding steroid dienone is 1. The van der Waals surface area contributed by atoms with Crippen molar-refractivity contribution >= 4 is 28.1 Å². The highest BCUT2D eigenvalue weighted by atomic mass is 32.2. The van der Waals surface area contributed by atoms with E-state index in [1.807, 2.05) is 60.7 Å². The summed E-state index contributed by atoms with van der Waals surface area (Å²) in [6.45, 7) is 0. The minimum atomic E-state index is -3.82. The van der Waals surface area contributed by atoms with Crippen LogP contribution in [0.1, 0.15) is 16.7 Å². The molecule has 0 fully saturated rings. The third-order valence-electron chi connectivity index (χ3n) is 3.96. The van der Waals surface area contributed by atoms with Gasteiger partial charge in [-0.2, -0.15) is 5.26 Å². The fourth-order valence-electron chi connectivity index (χ4n) is 2.51. The number of benzene rings is 3. The molecule has 4 heteroatoms. The fourth-order valence-corrected chi connectivity index (χ4v) is 3.69. The Labute approximate surface area is 159 Å². The molecule has 0 aliphatic rings. The van der Waals surface area contributed by atoms with Crippen LogP contribution in [0.4, 0.5) is 0 Å². The highest BCUT2D eigenvalue weighted by Crippen LogP contribution is 2.21. The van der Waals surface area contributed by atoms with Crippen molar-refractivity contribution in [1.29, 1.82) is 5.26 Å². The van der Waals surface area contributed by atoms with Crippen molar-refractivity contribution in [2.24, 2.45) is 0 Å². The van der Waals surface area contributed by atoms with Crippen molar-refractivity contribution < 1.29 is 8.42 Å². The van der Waals surface area contributed by atoms with Gasteiger partial charge in [-0.15, -0.1) is 0 Å². The minimum absolute atomic E-state index is 0.111. The standard InChI is InChI=1S/C23H17NO2S/c24-18-23(27(25,26)22-9-5-2-6-10-22)17-21-15-13-20(14-16-21)12-11-19-7-3-1-4-8-19/h1-17H. The highest BCUT2D eigenvalue weighted by Gasteiger charge is 2.20. The lowest BCUT2D eigenvalue weighted by Gasteiger charge is -2.03. The summed E-state index contributed by atoms with van der Waals surface area (Å²) in [5.74, 6) is 0. The first kappa shape index (κ1) is 18.4. The molecule has 0 unspecified atom stereocenters. The molecule has 0 N–H and O–H groups in total. The summed E-state index contributed by atoms with van der Waals surface area (Å²) in [6, 6.07) is 27.1. The Balaban J connectivity index is 1.84. The van der Waals surface area contributed by atoms with Gasteiger partial charge in [0.15, 0.2) is 0 Å². The second kappa shape index (κ2) is 8.31. The molecular weight excluding hydrogens is 354 g/mol. The Morgan fingerprint density at radius 3 is 1.74 bits per heavy atom. The van der Waals surface area contributed by atoms with E-state index in [4.69, 9.17) is 0 Å². The third-order valence-corrected chi connectivity index (χ3v) is 5.64. The van der Waals surface area contributed by atoms with Crippen molar-refractivity contribution in [3.8, 4) is 6.07 Å². The van der Waals surface area contributed by atoms with Crippen molar-refractivity contribution in [3.63, 3.8) is 0 Å². The van der Waals surface area contributed by atoms with Crippen LogP contribution in [0.15, 0.2) is 94.7 Å². The van der Waals surface area contributed by atoms with E-state index in [0.717, 1.165) is 11.1 Å². The summed E-state index contributed by atoms with van der Waals surface area (Å²) in [5, 5.41) is 9.34. The van der Waals surface area contributed by atoms with Gasteiger partial charge in [0, 0.05) is 0 Å². The van der Waals surface area contributed by atoms with Crippen LogP contribution in [-0.4, -0.2) is 8.42 Å². The molecule has 0 atom stereocenters. The van der Waals surface area contributed by atoms with Crippen molar-refractivity contribution in [1.82, 2.24) is 0 Å². The molecule has 3 rings (SSSR count). The Morgan fingerprint density at radius 1 is 0.704 bits per heavy atom. The van der Waals surface area contributed by atoms with E-state index >= 15 is 0 Å². The number of hydrogen-bond acceptors (Lipinski definition) is 3. The molecule has 27 heavy (non-hydrogen) atoms. The molecule has 0 bridgehead atoms. The molecule has 0 saturated carbocycles. The number of sulfone groups is 1. The van der Waals surface area contributed by atoms with Crippen LogP contribution >= 0.6 is 0 Å². The van der Waals surface area contributed by atoms with Crippen LogP contribution in [0, 0.1) is 11.3 Å². The van der Waals surface area contributed by atoms with Gasteiger partial charge in [0.05, 0.1) is 4.90 Å². The van der Waals surface area contributed by atoms with Crippen LogP contribution in [0.2, 0.25) is 0 Å². The second-order valence-electron chi connectivity index (χ2n) is 5.85. The molecule has 3 nitrogen and oxygen atoms in total. The number of nitrogens with zero attached hydrogens (tertiary/aromatic N) is 1. The van der Waals surface area contributed by atoms with Gasteiger partial charge in [-0.1, -0.05) is 84.9 Å². The predicted octanol–water partition coefficient (Wildman–Crippen LogP) is 5.20. The molecule has 0 aliphatic heterocycles. The van der Waals surface area contributed by atoms with E-state index in [9.17, 15) is 13.7 Å². The smallest absolute Gasteiger partial charge is 0.216 e. The quantitative estimate of drug-likeness (QED) is 0.458. The summed E-state index contributed by atoms with van der Waals surface area (Å²) in [5.41, 5.74) is 2.74. The zero-order chi connectivity index (χ0) is 19.1. The lowest BCUT2D eigenvalue weighted by atomic mass is 10.1. The molecule has 3 aromatic carbocycles. The summed E-state index contributed by atoms with van der Waals surface area (Å²) in [6.07, 6.45) is 5.38. The third kappa shape index (κ3) is 4.60. The zero-order valence-corrected chi connectivity index (χ0v) is 15.3. The predicted molar refractivity (Wildman–Crippen MR) is 109 cm³/mol. The van der Waals surface area contributed by atoms with Crippen molar-refractivity contribution in [2.75, 3.05) is 0 Å². The normalized spacial score (nSPS) is 12.0. The Morgan fingerprint density at radius 2 is 1.19 bits per heavy atom. The Kier molecular flexibility index (Phi) is 5.65. The molecule has 0 heterocycles. The summed E-state index contributed by atoms with van der Waals surface area (Å²) in [7, 11) is -3.82. The molecule has 0 radical (unpaired) electrons. The van der Waals surface area contributed by atoms with E-state index in [-0.39, 0.29) is 9.80 Å². The van der Waals surface area contributed by atoms with Crippen LogP contribution in [0.25, 0.3) is 18.2 Å². The Hall–Kier alpha value is -3.42. The average molecular weight is 371 g/mol.